The van der Waals surface area contributed by atoms with Gasteiger partial charge in [0.15, 0.2) is 5.78 Å². The molecule has 102 valence electrons. The van der Waals surface area contributed by atoms with Gasteiger partial charge in [0.1, 0.15) is 5.69 Å². The maximum absolute atomic E-state index is 11.7. The Morgan fingerprint density at radius 1 is 1.39 bits per heavy atom. The Bertz CT molecular complexity index is 422. The van der Waals surface area contributed by atoms with Gasteiger partial charge in [-0.15, -0.1) is 0 Å². The van der Waals surface area contributed by atoms with Crippen molar-refractivity contribution >= 4 is 11.5 Å². The van der Waals surface area contributed by atoms with Crippen LogP contribution < -0.4 is 10.9 Å². The van der Waals surface area contributed by atoms with Gasteiger partial charge in [0, 0.05) is 13.2 Å². The van der Waals surface area contributed by atoms with Crippen molar-refractivity contribution in [1.82, 2.24) is 4.57 Å². The summed E-state index contributed by atoms with van der Waals surface area (Å²) in [5.41, 5.74) is 0.332. The number of carbonyl (C=O) groups is 1. The highest BCUT2D eigenvalue weighted by molar-refractivity contribution is 5.79. The molecule has 1 N–H and O–H groups in total. The number of carbonyl (C=O) groups excluding carboxylic acids is 1. The highest BCUT2D eigenvalue weighted by Crippen LogP contribution is 2.05. The number of hydrogen-bond donors (Lipinski definition) is 1. The zero-order valence-electron chi connectivity index (χ0n) is 12.0. The topological polar surface area (TPSA) is 51.1 Å². The fraction of sp³-hybridized carbons (Fsp3) is 0.571. The third-order valence-corrected chi connectivity index (χ3v) is 2.75. The van der Waals surface area contributed by atoms with Gasteiger partial charge in [-0.2, -0.15) is 0 Å². The average Bonchev–Trinajstić information content (AvgIpc) is 2.38. The Morgan fingerprint density at radius 2 is 1.94 bits per heavy atom. The minimum atomic E-state index is -0.407. The van der Waals surface area contributed by atoms with Crippen molar-refractivity contribution in [3.8, 4) is 0 Å². The van der Waals surface area contributed by atoms with E-state index in [1.54, 1.807) is 32.3 Å². The Hall–Kier alpha value is -1.58. The molecule has 1 aromatic heterocycles. The van der Waals surface area contributed by atoms with Crippen molar-refractivity contribution in [3.05, 3.63) is 28.7 Å². The quantitative estimate of drug-likeness (QED) is 0.896. The number of aromatic nitrogens is 1. The summed E-state index contributed by atoms with van der Waals surface area (Å²) in [6, 6.07) is 3.02. The Labute approximate surface area is 109 Å². The summed E-state index contributed by atoms with van der Waals surface area (Å²) < 4.78 is 1.42. The molecule has 0 fully saturated rings. The van der Waals surface area contributed by atoms with E-state index in [0.29, 0.717) is 5.69 Å². The summed E-state index contributed by atoms with van der Waals surface area (Å²) in [7, 11) is 1.68. The molecular weight excluding hydrogens is 228 g/mol. The first kappa shape index (κ1) is 16.4. The van der Waals surface area contributed by atoms with Gasteiger partial charge in [0.2, 0.25) is 0 Å². The van der Waals surface area contributed by atoms with Crippen molar-refractivity contribution in [1.29, 1.82) is 0 Å². The third kappa shape index (κ3) is 4.73. The molecule has 0 bridgehead atoms. The van der Waals surface area contributed by atoms with Crippen LogP contribution in [0.15, 0.2) is 23.1 Å². The van der Waals surface area contributed by atoms with Gasteiger partial charge in [-0.05, 0) is 26.0 Å². The lowest BCUT2D eigenvalue weighted by molar-refractivity contribution is -0.119. The molecular formula is C14H24N2O2. The summed E-state index contributed by atoms with van der Waals surface area (Å²) in [6.07, 6.45) is 4.26. The molecule has 0 aliphatic rings. The van der Waals surface area contributed by atoms with E-state index in [1.807, 2.05) is 0 Å². The number of nitrogens with one attached hydrogen (secondary N) is 1. The predicted octanol–water partition coefficient (Wildman–Crippen LogP) is 2.85. The van der Waals surface area contributed by atoms with Crippen LogP contribution in [0.4, 0.5) is 5.69 Å². The van der Waals surface area contributed by atoms with E-state index < -0.39 is 6.04 Å². The van der Waals surface area contributed by atoms with Crippen LogP contribution in [0.2, 0.25) is 0 Å². The van der Waals surface area contributed by atoms with E-state index in [1.165, 1.54) is 24.3 Å². The highest BCUT2D eigenvalue weighted by atomic mass is 16.1. The van der Waals surface area contributed by atoms with Gasteiger partial charge >= 0.3 is 0 Å². The summed E-state index contributed by atoms with van der Waals surface area (Å²) in [5, 5.41) is 2.78. The average molecular weight is 252 g/mol. The van der Waals surface area contributed by atoms with Crippen LogP contribution in [0, 0.1) is 0 Å². The number of nitrogens with zero attached hydrogens (tertiary/aromatic N) is 1. The lowest BCUT2D eigenvalue weighted by Gasteiger charge is -2.12. The van der Waals surface area contributed by atoms with E-state index in [2.05, 4.69) is 19.2 Å². The fourth-order valence-electron chi connectivity index (χ4n) is 1.20. The molecule has 1 rings (SSSR count). The zero-order chi connectivity index (χ0) is 14.1. The van der Waals surface area contributed by atoms with Crippen molar-refractivity contribution in [2.24, 2.45) is 0 Å². The molecule has 1 atom stereocenters. The molecule has 1 heterocycles. The molecule has 0 saturated carbocycles. The smallest absolute Gasteiger partial charge is 0.274 e. The van der Waals surface area contributed by atoms with Gasteiger partial charge in [-0.3, -0.25) is 9.59 Å². The number of unbranched alkanes of at least 4 members (excludes halogenated alkanes) is 1. The number of rotatable bonds is 4. The SMILES string of the molecule is CCCC.CNc1cccn(C(C)C(C)=O)c1=O. The van der Waals surface area contributed by atoms with E-state index >= 15 is 0 Å². The number of hydrogen-bond acceptors (Lipinski definition) is 3. The minimum absolute atomic E-state index is 0.0275. The summed E-state index contributed by atoms with van der Waals surface area (Å²) >= 11 is 0. The number of Topliss-reactive ketones (excluding diaryl/α,β-unsaturated/α-hetero) is 1. The van der Waals surface area contributed by atoms with Crippen molar-refractivity contribution in [2.45, 2.75) is 46.6 Å². The lowest BCUT2D eigenvalue weighted by Crippen LogP contribution is -2.27. The molecule has 1 aromatic rings. The second kappa shape index (κ2) is 8.50. The zero-order valence-corrected chi connectivity index (χ0v) is 12.0. The second-order valence-corrected chi connectivity index (χ2v) is 4.17. The van der Waals surface area contributed by atoms with Gasteiger partial charge in [-0.1, -0.05) is 26.7 Å². The van der Waals surface area contributed by atoms with E-state index in [0.717, 1.165) is 0 Å². The molecule has 0 aliphatic heterocycles. The maximum Gasteiger partial charge on any atom is 0.274 e. The van der Waals surface area contributed by atoms with Crippen LogP contribution in [0.1, 0.15) is 46.6 Å². The molecule has 18 heavy (non-hydrogen) atoms. The number of pyridine rings is 1. The maximum atomic E-state index is 11.7. The van der Waals surface area contributed by atoms with Crippen LogP contribution in [-0.2, 0) is 4.79 Å². The Balaban J connectivity index is 0.000000631. The first-order valence-corrected chi connectivity index (χ1v) is 6.38. The predicted molar refractivity (Wildman–Crippen MR) is 76.2 cm³/mol. The van der Waals surface area contributed by atoms with Crippen LogP contribution in [-0.4, -0.2) is 17.4 Å². The fourth-order valence-corrected chi connectivity index (χ4v) is 1.20. The molecule has 0 spiro atoms. The largest absolute Gasteiger partial charge is 0.384 e. The molecule has 0 saturated heterocycles. The van der Waals surface area contributed by atoms with Crippen molar-refractivity contribution in [3.63, 3.8) is 0 Å². The minimum Gasteiger partial charge on any atom is -0.384 e. The van der Waals surface area contributed by atoms with E-state index in [4.69, 9.17) is 0 Å². The van der Waals surface area contributed by atoms with Crippen LogP contribution in [0.25, 0.3) is 0 Å². The summed E-state index contributed by atoms with van der Waals surface area (Å²) in [5.74, 6) is -0.0275. The summed E-state index contributed by atoms with van der Waals surface area (Å²) in [4.78, 5) is 22.8. The first-order chi connectivity index (χ1) is 8.49. The molecule has 0 aliphatic carbocycles. The van der Waals surface area contributed by atoms with Crippen LogP contribution >= 0.6 is 0 Å². The normalized spacial score (nSPS) is 11.2. The molecule has 0 radical (unpaired) electrons. The third-order valence-electron chi connectivity index (χ3n) is 2.75. The molecule has 4 nitrogen and oxygen atoms in total. The Kier molecular flexibility index (Phi) is 7.76. The van der Waals surface area contributed by atoms with Crippen molar-refractivity contribution in [2.75, 3.05) is 12.4 Å². The Morgan fingerprint density at radius 3 is 2.33 bits per heavy atom. The van der Waals surface area contributed by atoms with E-state index in [9.17, 15) is 9.59 Å². The van der Waals surface area contributed by atoms with E-state index in [-0.39, 0.29) is 11.3 Å². The number of ketones is 1. The monoisotopic (exact) mass is 252 g/mol. The second-order valence-electron chi connectivity index (χ2n) is 4.17. The standard InChI is InChI=1S/C10H14N2O2.C4H10/c1-7(8(2)13)12-6-4-5-9(11-3)10(12)14;1-3-4-2/h4-7,11H,1-3H3;3-4H2,1-2H3. The van der Waals surface area contributed by atoms with Gasteiger partial charge in [0.05, 0.1) is 6.04 Å². The highest BCUT2D eigenvalue weighted by Gasteiger charge is 2.12. The van der Waals surface area contributed by atoms with Gasteiger partial charge in [-0.25, -0.2) is 0 Å². The molecule has 0 amide bonds. The molecule has 4 heteroatoms. The van der Waals surface area contributed by atoms with Crippen LogP contribution in [0.3, 0.4) is 0 Å². The lowest BCUT2D eigenvalue weighted by atomic mass is 10.2. The molecule has 1 unspecified atom stereocenters. The summed E-state index contributed by atoms with van der Waals surface area (Å²) in [6.45, 7) is 7.55. The van der Waals surface area contributed by atoms with Crippen LogP contribution in [0.5, 0.6) is 0 Å². The van der Waals surface area contributed by atoms with Gasteiger partial charge < -0.3 is 9.88 Å². The number of anilines is 1. The molecule has 0 aromatic carbocycles. The van der Waals surface area contributed by atoms with Gasteiger partial charge in [0.25, 0.3) is 5.56 Å². The first-order valence-electron chi connectivity index (χ1n) is 6.38. The van der Waals surface area contributed by atoms with Crippen molar-refractivity contribution < 1.29 is 4.79 Å².